The molecule has 1 atom stereocenters. The van der Waals surface area contributed by atoms with Crippen LogP contribution < -0.4 is 0 Å². The molecule has 0 bridgehead atoms. The Balaban J connectivity index is 1.97. The first-order valence-electron chi connectivity index (χ1n) is 7.97. The van der Waals surface area contributed by atoms with Crippen LogP contribution in [0.2, 0.25) is 0 Å². The summed E-state index contributed by atoms with van der Waals surface area (Å²) >= 11 is 0. The van der Waals surface area contributed by atoms with Crippen molar-refractivity contribution in [1.82, 2.24) is 4.90 Å². The number of carboxylic acids is 1. The second-order valence-corrected chi connectivity index (χ2v) is 5.98. The van der Waals surface area contributed by atoms with Crippen LogP contribution in [0.5, 0.6) is 0 Å². The fraction of sp³-hybridized carbons (Fsp3) is 0.529. The molecule has 1 aliphatic rings. The van der Waals surface area contributed by atoms with E-state index in [1.807, 2.05) is 0 Å². The fourth-order valence-electron chi connectivity index (χ4n) is 2.68. The second-order valence-electron chi connectivity index (χ2n) is 5.98. The maximum absolute atomic E-state index is 13.3. The molecule has 1 aromatic rings. The Hall–Kier alpha value is -2.02. The van der Waals surface area contributed by atoms with Gasteiger partial charge in [0.25, 0.3) is 0 Å². The summed E-state index contributed by atoms with van der Waals surface area (Å²) in [7, 11) is 0. The van der Waals surface area contributed by atoms with Crippen LogP contribution in [-0.2, 0) is 20.9 Å². The molecule has 0 radical (unpaired) electrons. The van der Waals surface area contributed by atoms with E-state index >= 15 is 0 Å². The minimum Gasteiger partial charge on any atom is -0.481 e. The smallest absolute Gasteiger partial charge is 0.305 e. The Morgan fingerprint density at radius 3 is 2.67 bits per heavy atom. The maximum atomic E-state index is 13.3. The summed E-state index contributed by atoms with van der Waals surface area (Å²) in [6.07, 6.45) is 1.70. The Bertz CT molecular complexity index is 588. The van der Waals surface area contributed by atoms with Crippen molar-refractivity contribution in [3.05, 3.63) is 35.4 Å². The number of nitrogens with zero attached hydrogens (tertiary/aromatic N) is 1. The third-order valence-electron chi connectivity index (χ3n) is 4.10. The molecule has 1 N–H and O–H groups in total. The lowest BCUT2D eigenvalue weighted by Gasteiger charge is -2.23. The number of hydrogen-bond acceptors (Lipinski definition) is 3. The van der Waals surface area contributed by atoms with Crippen LogP contribution in [0, 0.1) is 17.6 Å². The van der Waals surface area contributed by atoms with Gasteiger partial charge in [0, 0.05) is 32.7 Å². The second kappa shape index (κ2) is 8.73. The van der Waals surface area contributed by atoms with E-state index in [1.165, 1.54) is 11.0 Å². The van der Waals surface area contributed by atoms with Gasteiger partial charge in [0.2, 0.25) is 5.91 Å². The third kappa shape index (κ3) is 5.56. The number of hydrogen-bond donors (Lipinski definition) is 1. The normalized spacial score (nSPS) is 17.0. The number of ether oxygens (including phenoxy) is 1. The van der Waals surface area contributed by atoms with E-state index in [9.17, 15) is 18.4 Å². The SMILES string of the molecule is O=C(O)CCN(Cc1ccc(F)c(F)c1)C(=O)CCC1CCOC1. The van der Waals surface area contributed by atoms with Crippen LogP contribution in [0.4, 0.5) is 8.78 Å². The summed E-state index contributed by atoms with van der Waals surface area (Å²) in [5, 5.41) is 8.83. The first-order valence-corrected chi connectivity index (χ1v) is 7.97. The van der Waals surface area contributed by atoms with Gasteiger partial charge in [-0.2, -0.15) is 0 Å². The summed E-state index contributed by atoms with van der Waals surface area (Å²) in [6, 6.07) is 3.42. The summed E-state index contributed by atoms with van der Waals surface area (Å²) in [6.45, 7) is 1.45. The Morgan fingerprint density at radius 2 is 2.04 bits per heavy atom. The third-order valence-corrected chi connectivity index (χ3v) is 4.10. The minimum atomic E-state index is -1.01. The van der Waals surface area contributed by atoms with Crippen molar-refractivity contribution in [2.45, 2.75) is 32.2 Å². The minimum absolute atomic E-state index is 0.0360. The average molecular weight is 341 g/mol. The first kappa shape index (κ1) is 18.3. The van der Waals surface area contributed by atoms with Crippen LogP contribution in [0.15, 0.2) is 18.2 Å². The molecule has 0 spiro atoms. The topological polar surface area (TPSA) is 66.8 Å². The van der Waals surface area contributed by atoms with Crippen molar-refractivity contribution in [2.24, 2.45) is 5.92 Å². The molecule has 1 aromatic carbocycles. The van der Waals surface area contributed by atoms with Gasteiger partial charge >= 0.3 is 5.97 Å². The number of carboxylic acid groups (broad SMARTS) is 1. The highest BCUT2D eigenvalue weighted by Gasteiger charge is 2.20. The Morgan fingerprint density at radius 1 is 1.25 bits per heavy atom. The summed E-state index contributed by atoms with van der Waals surface area (Å²) < 4.78 is 31.6. The van der Waals surface area contributed by atoms with Gasteiger partial charge in [0.05, 0.1) is 6.42 Å². The van der Waals surface area contributed by atoms with Crippen LogP contribution in [0.25, 0.3) is 0 Å². The molecule has 1 saturated heterocycles. The molecule has 1 unspecified atom stereocenters. The number of carbonyl (C=O) groups is 2. The van der Waals surface area contributed by atoms with Crippen molar-refractivity contribution in [3.8, 4) is 0 Å². The highest BCUT2D eigenvalue weighted by atomic mass is 19.2. The number of amides is 1. The molecule has 132 valence electrons. The van der Waals surface area contributed by atoms with E-state index in [1.54, 1.807) is 0 Å². The largest absolute Gasteiger partial charge is 0.481 e. The zero-order valence-corrected chi connectivity index (χ0v) is 13.3. The lowest BCUT2D eigenvalue weighted by atomic mass is 10.0. The van der Waals surface area contributed by atoms with Crippen LogP contribution in [-0.4, -0.2) is 41.6 Å². The molecular weight excluding hydrogens is 320 g/mol. The van der Waals surface area contributed by atoms with E-state index in [-0.39, 0.29) is 31.8 Å². The quantitative estimate of drug-likeness (QED) is 0.789. The van der Waals surface area contributed by atoms with Gasteiger partial charge < -0.3 is 14.7 Å². The average Bonchev–Trinajstić information content (AvgIpc) is 3.05. The van der Waals surface area contributed by atoms with E-state index in [4.69, 9.17) is 9.84 Å². The molecule has 0 aliphatic carbocycles. The van der Waals surface area contributed by atoms with E-state index in [0.717, 1.165) is 18.6 Å². The van der Waals surface area contributed by atoms with Crippen LogP contribution in [0.1, 0.15) is 31.2 Å². The van der Waals surface area contributed by atoms with Crippen molar-refractivity contribution < 1.29 is 28.2 Å². The molecular formula is C17H21F2NO4. The molecule has 1 heterocycles. The van der Waals surface area contributed by atoms with Crippen LogP contribution >= 0.6 is 0 Å². The van der Waals surface area contributed by atoms with E-state index < -0.39 is 17.6 Å². The number of carbonyl (C=O) groups excluding carboxylic acids is 1. The number of benzene rings is 1. The highest BCUT2D eigenvalue weighted by Crippen LogP contribution is 2.19. The maximum Gasteiger partial charge on any atom is 0.305 e. The molecule has 1 amide bonds. The molecule has 5 nitrogen and oxygen atoms in total. The monoisotopic (exact) mass is 341 g/mol. The highest BCUT2D eigenvalue weighted by molar-refractivity contribution is 5.77. The standard InChI is InChI=1S/C17H21F2NO4/c18-14-3-1-13(9-15(14)19)10-20(7-5-17(22)23)16(21)4-2-12-6-8-24-11-12/h1,3,9,12H,2,4-8,10-11H2,(H,22,23). The predicted octanol–water partition coefficient (Wildman–Crippen LogP) is 2.58. The summed E-state index contributed by atoms with van der Waals surface area (Å²) in [5.74, 6) is -2.79. The molecule has 24 heavy (non-hydrogen) atoms. The van der Waals surface area contributed by atoms with Crippen molar-refractivity contribution in [2.75, 3.05) is 19.8 Å². The zero-order valence-electron chi connectivity index (χ0n) is 13.3. The van der Waals surface area contributed by atoms with Gasteiger partial charge in [0.15, 0.2) is 11.6 Å². The fourth-order valence-corrected chi connectivity index (χ4v) is 2.68. The zero-order chi connectivity index (χ0) is 17.5. The number of aliphatic carboxylic acids is 1. The summed E-state index contributed by atoms with van der Waals surface area (Å²) in [5.41, 5.74) is 0.428. The van der Waals surface area contributed by atoms with Crippen LogP contribution in [0.3, 0.4) is 0 Å². The van der Waals surface area contributed by atoms with Gasteiger partial charge in [0.1, 0.15) is 0 Å². The van der Waals surface area contributed by atoms with E-state index in [0.29, 0.717) is 31.1 Å². The predicted molar refractivity (Wildman–Crippen MR) is 82.2 cm³/mol. The van der Waals surface area contributed by atoms with Crippen molar-refractivity contribution in [1.29, 1.82) is 0 Å². The molecule has 2 rings (SSSR count). The van der Waals surface area contributed by atoms with Gasteiger partial charge in [-0.3, -0.25) is 9.59 Å². The van der Waals surface area contributed by atoms with Gasteiger partial charge in [-0.1, -0.05) is 6.07 Å². The molecule has 0 aromatic heterocycles. The molecule has 0 saturated carbocycles. The summed E-state index contributed by atoms with van der Waals surface area (Å²) in [4.78, 5) is 24.6. The van der Waals surface area contributed by atoms with Gasteiger partial charge in [-0.05, 0) is 36.5 Å². The molecule has 1 fully saturated rings. The molecule has 7 heteroatoms. The van der Waals surface area contributed by atoms with Crippen molar-refractivity contribution >= 4 is 11.9 Å². The molecule has 1 aliphatic heterocycles. The first-order chi connectivity index (χ1) is 11.5. The Labute approximate surface area is 139 Å². The van der Waals surface area contributed by atoms with Crippen molar-refractivity contribution in [3.63, 3.8) is 0 Å². The lowest BCUT2D eigenvalue weighted by Crippen LogP contribution is -2.32. The van der Waals surface area contributed by atoms with E-state index in [2.05, 4.69) is 0 Å². The number of rotatable bonds is 8. The van der Waals surface area contributed by atoms with Gasteiger partial charge in [-0.25, -0.2) is 8.78 Å². The number of halogens is 2. The lowest BCUT2D eigenvalue weighted by molar-refractivity contribution is -0.138. The van der Waals surface area contributed by atoms with Gasteiger partial charge in [-0.15, -0.1) is 0 Å². The Kier molecular flexibility index (Phi) is 6.66.